The van der Waals surface area contributed by atoms with Crippen LogP contribution in [0.15, 0.2) is 42.5 Å². The largest absolute Gasteiger partial charge is 0.497 e. The van der Waals surface area contributed by atoms with Crippen molar-refractivity contribution in [3.63, 3.8) is 0 Å². The van der Waals surface area contributed by atoms with Crippen molar-refractivity contribution in [2.75, 3.05) is 18.6 Å². The topological polar surface area (TPSA) is 67.9 Å². The van der Waals surface area contributed by atoms with Crippen molar-refractivity contribution < 1.29 is 19.1 Å². The van der Waals surface area contributed by atoms with Crippen LogP contribution in [-0.2, 0) is 4.79 Å². The first-order valence-corrected chi connectivity index (χ1v) is 9.94. The van der Waals surface area contributed by atoms with Crippen molar-refractivity contribution in [2.45, 2.75) is 44.8 Å². The maximum absolute atomic E-state index is 13.1. The van der Waals surface area contributed by atoms with Gasteiger partial charge in [0.25, 0.3) is 5.91 Å². The van der Waals surface area contributed by atoms with Crippen molar-refractivity contribution in [2.24, 2.45) is 0 Å². The Morgan fingerprint density at radius 3 is 2.79 bits per heavy atom. The highest BCUT2D eigenvalue weighted by Crippen LogP contribution is 2.41. The van der Waals surface area contributed by atoms with Crippen LogP contribution in [0.2, 0.25) is 0 Å². The molecule has 1 atom stereocenters. The van der Waals surface area contributed by atoms with E-state index in [0.717, 1.165) is 29.2 Å². The van der Waals surface area contributed by atoms with E-state index in [4.69, 9.17) is 9.47 Å². The summed E-state index contributed by atoms with van der Waals surface area (Å²) >= 11 is 0. The maximum atomic E-state index is 13.1. The van der Waals surface area contributed by atoms with Gasteiger partial charge in [-0.3, -0.25) is 9.59 Å². The van der Waals surface area contributed by atoms with Crippen LogP contribution in [0.5, 0.6) is 11.5 Å². The minimum absolute atomic E-state index is 0.106. The summed E-state index contributed by atoms with van der Waals surface area (Å²) in [5, 5.41) is 3.15. The summed E-state index contributed by atoms with van der Waals surface area (Å²) < 4.78 is 11.4. The van der Waals surface area contributed by atoms with Crippen LogP contribution in [0.1, 0.15) is 55.1 Å². The number of rotatable bonds is 4. The Balaban J connectivity index is 1.59. The molecule has 1 saturated heterocycles. The van der Waals surface area contributed by atoms with Gasteiger partial charge in [0.1, 0.15) is 17.1 Å². The molecule has 2 aliphatic heterocycles. The van der Waals surface area contributed by atoms with Crippen LogP contribution in [-0.4, -0.2) is 31.1 Å². The molecule has 4 rings (SSSR count). The summed E-state index contributed by atoms with van der Waals surface area (Å²) in [5.74, 6) is 1.41. The number of nitrogens with zero attached hydrogens (tertiary/aromatic N) is 1. The second-order valence-electron chi connectivity index (χ2n) is 8.19. The van der Waals surface area contributed by atoms with Gasteiger partial charge in [0.05, 0.1) is 13.2 Å². The molecule has 0 aliphatic carbocycles. The smallest absolute Gasteiger partial charge is 0.251 e. The molecule has 1 N–H and O–H groups in total. The molecule has 6 nitrogen and oxygen atoms in total. The number of benzene rings is 2. The molecule has 0 saturated carbocycles. The fourth-order valence-corrected chi connectivity index (χ4v) is 4.07. The number of carbonyl (C=O) groups is 2. The van der Waals surface area contributed by atoms with Gasteiger partial charge in [-0.2, -0.15) is 0 Å². The number of anilines is 1. The first-order chi connectivity index (χ1) is 13.9. The first-order valence-electron chi connectivity index (χ1n) is 9.94. The number of fused-ring (bicyclic) bond motifs is 1. The van der Waals surface area contributed by atoms with Gasteiger partial charge in [-0.15, -0.1) is 0 Å². The fraction of sp³-hybridized carbons (Fsp3) is 0.391. The van der Waals surface area contributed by atoms with Crippen molar-refractivity contribution in [3.05, 3.63) is 53.6 Å². The van der Waals surface area contributed by atoms with Gasteiger partial charge in [0.2, 0.25) is 5.91 Å². The molecule has 6 heteroatoms. The monoisotopic (exact) mass is 394 g/mol. The molecule has 152 valence electrons. The Morgan fingerprint density at radius 2 is 2.07 bits per heavy atom. The minimum Gasteiger partial charge on any atom is -0.497 e. The zero-order valence-electron chi connectivity index (χ0n) is 17.0. The van der Waals surface area contributed by atoms with E-state index in [1.165, 1.54) is 0 Å². The predicted octanol–water partition coefficient (Wildman–Crippen LogP) is 3.85. The Morgan fingerprint density at radius 1 is 1.24 bits per heavy atom. The zero-order valence-corrected chi connectivity index (χ0v) is 17.0. The lowest BCUT2D eigenvalue weighted by molar-refractivity contribution is -0.117. The highest BCUT2D eigenvalue weighted by Gasteiger charge is 2.35. The van der Waals surface area contributed by atoms with Crippen LogP contribution >= 0.6 is 0 Å². The Labute approximate surface area is 170 Å². The quantitative estimate of drug-likeness (QED) is 0.855. The number of nitrogens with one attached hydrogen (secondary N) is 1. The lowest BCUT2D eigenvalue weighted by Gasteiger charge is -2.38. The molecule has 2 aromatic carbocycles. The van der Waals surface area contributed by atoms with E-state index in [2.05, 4.69) is 5.32 Å². The second kappa shape index (κ2) is 7.43. The zero-order chi connectivity index (χ0) is 20.6. The average Bonchev–Trinajstić information content (AvgIpc) is 3.13. The second-order valence-corrected chi connectivity index (χ2v) is 8.19. The van der Waals surface area contributed by atoms with Gasteiger partial charge in [-0.1, -0.05) is 6.07 Å². The molecule has 2 aliphatic rings. The summed E-state index contributed by atoms with van der Waals surface area (Å²) in [5.41, 5.74) is 1.82. The van der Waals surface area contributed by atoms with E-state index in [-0.39, 0.29) is 17.9 Å². The maximum Gasteiger partial charge on any atom is 0.251 e. The molecular formula is C23H26N2O4. The van der Waals surface area contributed by atoms with Crippen LogP contribution in [0.25, 0.3) is 0 Å². The number of amides is 2. The molecule has 2 aromatic rings. The molecule has 0 spiro atoms. The van der Waals surface area contributed by atoms with Gasteiger partial charge in [-0.05, 0) is 56.7 Å². The highest BCUT2D eigenvalue weighted by atomic mass is 16.5. The van der Waals surface area contributed by atoms with E-state index in [1.54, 1.807) is 24.1 Å². The summed E-state index contributed by atoms with van der Waals surface area (Å²) in [6.07, 6.45) is 2.06. The van der Waals surface area contributed by atoms with Crippen LogP contribution < -0.4 is 19.7 Å². The Kier molecular flexibility index (Phi) is 4.94. The number of methoxy groups -OCH3 is 1. The third kappa shape index (κ3) is 3.92. The molecule has 1 unspecified atom stereocenters. The minimum atomic E-state index is -0.399. The lowest BCUT2D eigenvalue weighted by Crippen LogP contribution is -2.41. The summed E-state index contributed by atoms with van der Waals surface area (Å²) in [4.78, 5) is 26.8. The van der Waals surface area contributed by atoms with Gasteiger partial charge in [0.15, 0.2) is 0 Å². The van der Waals surface area contributed by atoms with Crippen LogP contribution in [0.3, 0.4) is 0 Å². The van der Waals surface area contributed by atoms with Gasteiger partial charge < -0.3 is 19.7 Å². The van der Waals surface area contributed by atoms with Gasteiger partial charge >= 0.3 is 0 Å². The first kappa shape index (κ1) is 19.3. The average molecular weight is 394 g/mol. The number of carbonyl (C=O) groups excluding carboxylic acids is 2. The van der Waals surface area contributed by atoms with Crippen LogP contribution in [0.4, 0.5) is 5.69 Å². The van der Waals surface area contributed by atoms with Crippen molar-refractivity contribution in [1.82, 2.24) is 5.32 Å². The fourth-order valence-electron chi connectivity index (χ4n) is 4.07. The third-order valence-corrected chi connectivity index (χ3v) is 5.47. The standard InChI is InChI=1S/C23H26N2O4/c1-23(2)14-19(18-13-17(28-3)9-10-20(18)29-23)24-22(27)15-6-4-7-16(12-15)25-11-5-8-21(25)26/h4,6-7,9-10,12-13,19H,5,8,11,14H2,1-3H3,(H,24,27). The van der Waals surface area contributed by atoms with E-state index in [1.807, 2.05) is 44.2 Å². The molecule has 2 heterocycles. The highest BCUT2D eigenvalue weighted by molar-refractivity contribution is 5.99. The van der Waals surface area contributed by atoms with Gasteiger partial charge in [0, 0.05) is 36.2 Å². The molecule has 29 heavy (non-hydrogen) atoms. The van der Waals surface area contributed by atoms with E-state index in [0.29, 0.717) is 24.9 Å². The van der Waals surface area contributed by atoms with E-state index < -0.39 is 5.60 Å². The summed E-state index contributed by atoms with van der Waals surface area (Å²) in [6.45, 7) is 4.73. The predicted molar refractivity (Wildman–Crippen MR) is 111 cm³/mol. The van der Waals surface area contributed by atoms with Crippen molar-refractivity contribution in [1.29, 1.82) is 0 Å². The Hall–Kier alpha value is -3.02. The molecular weight excluding hydrogens is 368 g/mol. The molecule has 2 amide bonds. The number of hydrogen-bond acceptors (Lipinski definition) is 4. The summed E-state index contributed by atoms with van der Waals surface area (Å²) in [7, 11) is 1.62. The number of hydrogen-bond donors (Lipinski definition) is 1. The van der Waals surface area contributed by atoms with E-state index in [9.17, 15) is 9.59 Å². The molecule has 0 aromatic heterocycles. The third-order valence-electron chi connectivity index (χ3n) is 5.47. The molecule has 0 radical (unpaired) electrons. The SMILES string of the molecule is COc1ccc2c(c1)C(NC(=O)c1cccc(N3CCCC3=O)c1)CC(C)(C)O2. The number of ether oxygens (including phenoxy) is 2. The molecule has 0 bridgehead atoms. The lowest BCUT2D eigenvalue weighted by atomic mass is 9.89. The molecule has 1 fully saturated rings. The van der Waals surface area contributed by atoms with Crippen LogP contribution in [0, 0.1) is 0 Å². The normalized spacial score (nSPS) is 20.0. The summed E-state index contributed by atoms with van der Waals surface area (Å²) in [6, 6.07) is 12.7. The van der Waals surface area contributed by atoms with Crippen molar-refractivity contribution >= 4 is 17.5 Å². The van der Waals surface area contributed by atoms with E-state index >= 15 is 0 Å². The van der Waals surface area contributed by atoms with Gasteiger partial charge in [-0.25, -0.2) is 0 Å². The Bertz CT molecular complexity index is 954. The van der Waals surface area contributed by atoms with Crippen molar-refractivity contribution in [3.8, 4) is 11.5 Å².